The van der Waals surface area contributed by atoms with E-state index in [4.69, 9.17) is 4.74 Å². The molecule has 0 saturated carbocycles. The number of hydrogen-bond acceptors (Lipinski definition) is 3. The molecule has 1 aromatic heterocycles. The van der Waals surface area contributed by atoms with Gasteiger partial charge in [0.15, 0.2) is 6.61 Å². The second kappa shape index (κ2) is 9.40. The number of unbranched alkanes of at least 4 members (excludes halogenated alkanes) is 4. The van der Waals surface area contributed by atoms with E-state index in [0.717, 1.165) is 29.8 Å². The van der Waals surface area contributed by atoms with Crippen LogP contribution in [0.4, 0.5) is 0 Å². The van der Waals surface area contributed by atoms with Crippen LogP contribution in [0.2, 0.25) is 0 Å². The van der Waals surface area contributed by atoms with Crippen LogP contribution in [0.1, 0.15) is 66.3 Å². The fraction of sp³-hybridized carbons (Fsp3) is 0.524. The monoisotopic (exact) mass is 342 g/mol. The summed E-state index contributed by atoms with van der Waals surface area (Å²) < 4.78 is 7.13. The van der Waals surface area contributed by atoms with Crippen LogP contribution in [0, 0.1) is 20.8 Å². The van der Waals surface area contributed by atoms with E-state index >= 15 is 0 Å². The first-order chi connectivity index (χ1) is 12.0. The van der Waals surface area contributed by atoms with E-state index in [1.165, 1.54) is 35.9 Å². The first kappa shape index (κ1) is 19.2. The largest absolute Gasteiger partial charge is 0.484 e. The lowest BCUT2D eigenvalue weighted by Gasteiger charge is -2.07. The van der Waals surface area contributed by atoms with Gasteiger partial charge in [0.25, 0.3) is 5.91 Å². The maximum absolute atomic E-state index is 12.5. The number of ether oxygens (including phenoxy) is 1. The van der Waals surface area contributed by atoms with Crippen LogP contribution in [0.25, 0.3) is 0 Å². The number of benzene rings is 1. The zero-order valence-electron chi connectivity index (χ0n) is 16.0. The van der Waals surface area contributed by atoms with Crippen molar-refractivity contribution in [3.05, 3.63) is 46.8 Å². The Bertz CT molecular complexity index is 704. The Hall–Kier alpha value is -2.10. The molecule has 1 aromatic carbocycles. The maximum atomic E-state index is 12.5. The predicted octanol–water partition coefficient (Wildman–Crippen LogP) is 5.04. The van der Waals surface area contributed by atoms with E-state index < -0.39 is 0 Å². The lowest BCUT2D eigenvalue weighted by molar-refractivity contribution is 0.0818. The van der Waals surface area contributed by atoms with Crippen molar-refractivity contribution in [2.45, 2.75) is 66.2 Å². The normalized spacial score (nSPS) is 10.9. The third kappa shape index (κ3) is 5.45. The highest BCUT2D eigenvalue weighted by Gasteiger charge is 2.16. The second-order valence-electron chi connectivity index (χ2n) is 6.72. The number of rotatable bonds is 9. The Balaban J connectivity index is 1.94. The predicted molar refractivity (Wildman–Crippen MR) is 101 cm³/mol. The molecule has 0 fully saturated rings. The van der Waals surface area contributed by atoms with Crippen LogP contribution in [0.15, 0.2) is 24.3 Å². The van der Waals surface area contributed by atoms with Crippen molar-refractivity contribution in [2.75, 3.05) is 6.61 Å². The summed E-state index contributed by atoms with van der Waals surface area (Å²) in [5.41, 5.74) is 4.23. The zero-order chi connectivity index (χ0) is 18.2. The minimum atomic E-state index is -0.126. The Morgan fingerprint density at radius 2 is 1.88 bits per heavy atom. The number of aryl methyl sites for hydroxylation is 2. The molecule has 0 amide bonds. The van der Waals surface area contributed by atoms with Gasteiger partial charge in [0.2, 0.25) is 0 Å². The van der Waals surface area contributed by atoms with Gasteiger partial charge in [-0.05, 0) is 56.9 Å². The molecule has 25 heavy (non-hydrogen) atoms. The van der Waals surface area contributed by atoms with E-state index in [2.05, 4.69) is 12.0 Å². The quantitative estimate of drug-likeness (QED) is 0.600. The molecular formula is C21H30N2O2. The molecule has 2 rings (SSSR count). The molecule has 0 aliphatic heterocycles. The zero-order valence-corrected chi connectivity index (χ0v) is 16.0. The molecule has 0 atom stereocenters. The third-order valence-corrected chi connectivity index (χ3v) is 4.56. The first-order valence-electron chi connectivity index (χ1n) is 9.30. The SMILES string of the molecule is CCCCCCCc1c(C)nn(C(=O)COc2cccc(C)c2)c1C. The highest BCUT2D eigenvalue weighted by Crippen LogP contribution is 2.18. The Labute approximate surface area is 151 Å². The highest BCUT2D eigenvalue weighted by molar-refractivity contribution is 5.80. The van der Waals surface area contributed by atoms with Crippen LogP contribution >= 0.6 is 0 Å². The molecule has 2 aromatic rings. The Morgan fingerprint density at radius 3 is 2.60 bits per heavy atom. The van der Waals surface area contributed by atoms with Gasteiger partial charge in [-0.2, -0.15) is 5.10 Å². The molecule has 0 spiro atoms. The van der Waals surface area contributed by atoms with Gasteiger partial charge in [-0.3, -0.25) is 4.79 Å². The summed E-state index contributed by atoms with van der Waals surface area (Å²) in [4.78, 5) is 12.5. The van der Waals surface area contributed by atoms with E-state index in [1.54, 1.807) is 0 Å². The van der Waals surface area contributed by atoms with Crippen LogP contribution in [0.3, 0.4) is 0 Å². The lowest BCUT2D eigenvalue weighted by atomic mass is 10.0. The molecule has 0 unspecified atom stereocenters. The summed E-state index contributed by atoms with van der Waals surface area (Å²) in [5, 5.41) is 4.44. The number of nitrogens with zero attached hydrogens (tertiary/aromatic N) is 2. The highest BCUT2D eigenvalue weighted by atomic mass is 16.5. The summed E-state index contributed by atoms with van der Waals surface area (Å²) in [6.07, 6.45) is 7.22. The van der Waals surface area contributed by atoms with Crippen molar-refractivity contribution in [1.82, 2.24) is 9.78 Å². The minimum absolute atomic E-state index is 0.00134. The van der Waals surface area contributed by atoms with Crippen LogP contribution < -0.4 is 4.74 Å². The molecule has 0 aliphatic rings. The van der Waals surface area contributed by atoms with Gasteiger partial charge in [0.05, 0.1) is 5.69 Å². The van der Waals surface area contributed by atoms with E-state index in [0.29, 0.717) is 5.75 Å². The summed E-state index contributed by atoms with van der Waals surface area (Å²) in [5.74, 6) is 0.588. The molecular weight excluding hydrogens is 312 g/mol. The first-order valence-corrected chi connectivity index (χ1v) is 9.30. The molecule has 136 valence electrons. The van der Waals surface area contributed by atoms with E-state index in [9.17, 15) is 4.79 Å². The smallest absolute Gasteiger partial charge is 0.284 e. The fourth-order valence-corrected chi connectivity index (χ4v) is 3.10. The molecule has 0 saturated heterocycles. The van der Waals surface area contributed by atoms with Gasteiger partial charge >= 0.3 is 0 Å². The molecule has 4 nitrogen and oxygen atoms in total. The average molecular weight is 342 g/mol. The molecule has 0 aliphatic carbocycles. The lowest BCUT2D eigenvalue weighted by Crippen LogP contribution is -2.21. The van der Waals surface area contributed by atoms with Crippen molar-refractivity contribution >= 4 is 5.91 Å². The van der Waals surface area contributed by atoms with Gasteiger partial charge in [-0.25, -0.2) is 4.68 Å². The number of hydrogen-bond donors (Lipinski definition) is 0. The van der Waals surface area contributed by atoms with Crippen molar-refractivity contribution in [3.8, 4) is 5.75 Å². The van der Waals surface area contributed by atoms with Crippen molar-refractivity contribution in [1.29, 1.82) is 0 Å². The fourth-order valence-electron chi connectivity index (χ4n) is 3.10. The summed E-state index contributed by atoms with van der Waals surface area (Å²) >= 11 is 0. The number of aromatic nitrogens is 2. The van der Waals surface area contributed by atoms with Crippen molar-refractivity contribution in [2.24, 2.45) is 0 Å². The topological polar surface area (TPSA) is 44.1 Å². The van der Waals surface area contributed by atoms with Gasteiger partial charge in [0.1, 0.15) is 5.75 Å². The molecule has 0 radical (unpaired) electrons. The van der Waals surface area contributed by atoms with Crippen molar-refractivity contribution < 1.29 is 9.53 Å². The summed E-state index contributed by atoms with van der Waals surface area (Å²) in [7, 11) is 0. The van der Waals surface area contributed by atoms with E-state index in [-0.39, 0.29) is 12.5 Å². The van der Waals surface area contributed by atoms with Crippen LogP contribution in [0.5, 0.6) is 5.75 Å². The standard InChI is InChI=1S/C21H30N2O2/c1-5-6-7-8-9-13-20-17(3)22-23(18(20)4)21(24)15-25-19-12-10-11-16(2)14-19/h10-12,14H,5-9,13,15H2,1-4H3. The Kier molecular flexibility index (Phi) is 7.23. The van der Waals surface area contributed by atoms with Gasteiger partial charge in [-0.1, -0.05) is 44.7 Å². The Morgan fingerprint density at radius 1 is 1.12 bits per heavy atom. The van der Waals surface area contributed by atoms with Gasteiger partial charge in [-0.15, -0.1) is 0 Å². The van der Waals surface area contributed by atoms with Crippen LogP contribution in [-0.4, -0.2) is 22.3 Å². The van der Waals surface area contributed by atoms with Crippen molar-refractivity contribution in [3.63, 3.8) is 0 Å². The summed E-state index contributed by atoms with van der Waals surface area (Å²) in [6, 6.07) is 7.72. The van der Waals surface area contributed by atoms with Crippen LogP contribution in [-0.2, 0) is 6.42 Å². The van der Waals surface area contributed by atoms with Gasteiger partial charge in [0, 0.05) is 5.69 Å². The molecule has 1 heterocycles. The molecule has 0 bridgehead atoms. The number of carbonyl (C=O) groups is 1. The maximum Gasteiger partial charge on any atom is 0.284 e. The van der Waals surface area contributed by atoms with Gasteiger partial charge < -0.3 is 4.74 Å². The number of carbonyl (C=O) groups excluding carboxylic acids is 1. The second-order valence-corrected chi connectivity index (χ2v) is 6.72. The summed E-state index contributed by atoms with van der Waals surface area (Å²) in [6.45, 7) is 8.19. The molecule has 0 N–H and O–H groups in total. The minimum Gasteiger partial charge on any atom is -0.484 e. The molecule has 4 heteroatoms. The third-order valence-electron chi connectivity index (χ3n) is 4.56. The average Bonchev–Trinajstić information content (AvgIpc) is 2.87. The van der Waals surface area contributed by atoms with E-state index in [1.807, 2.05) is 45.0 Å².